The summed E-state index contributed by atoms with van der Waals surface area (Å²) in [5, 5.41) is 2.78. The largest absolute Gasteiger partial charge is 0.457 e. The van der Waals surface area contributed by atoms with Gasteiger partial charge in [0.1, 0.15) is 17.3 Å². The highest BCUT2D eigenvalue weighted by atomic mass is 79.9. The number of halogens is 1. The highest BCUT2D eigenvalue weighted by Crippen LogP contribution is 2.23. The number of furan rings is 1. The van der Waals surface area contributed by atoms with Crippen molar-refractivity contribution in [1.29, 1.82) is 0 Å². The van der Waals surface area contributed by atoms with E-state index in [0.717, 1.165) is 11.3 Å². The lowest BCUT2D eigenvalue weighted by molar-refractivity contribution is -0.111. The van der Waals surface area contributed by atoms with E-state index >= 15 is 0 Å². The number of benzene rings is 2. The molecule has 0 aliphatic heterocycles. The average Bonchev–Trinajstić information content (AvgIpc) is 3.00. The smallest absolute Gasteiger partial charge is 0.248 e. The Labute approximate surface area is 154 Å². The Morgan fingerprint density at radius 2 is 1.88 bits per heavy atom. The summed E-state index contributed by atoms with van der Waals surface area (Å²) in [5.74, 6) is 1.85. The Hall–Kier alpha value is -2.79. The third kappa shape index (κ3) is 5.09. The maximum absolute atomic E-state index is 11.9. The first-order chi connectivity index (χ1) is 12.1. The van der Waals surface area contributed by atoms with E-state index in [1.165, 1.54) is 6.08 Å². The minimum Gasteiger partial charge on any atom is -0.457 e. The summed E-state index contributed by atoms with van der Waals surface area (Å²) in [6.07, 6.45) is 3.03. The molecule has 25 heavy (non-hydrogen) atoms. The molecule has 1 heterocycles. The summed E-state index contributed by atoms with van der Waals surface area (Å²) in [6.45, 7) is 2.01. The van der Waals surface area contributed by atoms with E-state index in [1.54, 1.807) is 30.3 Å². The van der Waals surface area contributed by atoms with Crippen LogP contribution in [0.3, 0.4) is 0 Å². The van der Waals surface area contributed by atoms with Gasteiger partial charge in [-0.25, -0.2) is 0 Å². The molecule has 1 N–H and O–H groups in total. The summed E-state index contributed by atoms with van der Waals surface area (Å²) in [5.41, 5.74) is 1.82. The first-order valence-electron chi connectivity index (χ1n) is 7.67. The van der Waals surface area contributed by atoms with Crippen molar-refractivity contribution in [2.24, 2.45) is 0 Å². The van der Waals surface area contributed by atoms with Crippen LogP contribution in [0.1, 0.15) is 11.3 Å². The minimum atomic E-state index is -0.236. The molecule has 0 aliphatic rings. The van der Waals surface area contributed by atoms with Gasteiger partial charge in [0.05, 0.1) is 0 Å². The molecule has 0 unspecified atom stereocenters. The van der Waals surface area contributed by atoms with Crippen LogP contribution in [0.2, 0.25) is 0 Å². The van der Waals surface area contributed by atoms with Gasteiger partial charge < -0.3 is 14.5 Å². The molecule has 2 aromatic carbocycles. The second kappa shape index (κ2) is 7.85. The molecular formula is C20H16BrNO3. The lowest BCUT2D eigenvalue weighted by Gasteiger charge is -2.07. The number of anilines is 1. The topological polar surface area (TPSA) is 51.5 Å². The number of carbonyl (C=O) groups excluding carboxylic acids is 1. The van der Waals surface area contributed by atoms with Crippen LogP contribution in [0, 0.1) is 6.92 Å². The number of amides is 1. The van der Waals surface area contributed by atoms with Crippen molar-refractivity contribution in [2.75, 3.05) is 5.32 Å². The molecule has 0 aliphatic carbocycles. The summed E-state index contributed by atoms with van der Waals surface area (Å²) in [7, 11) is 0. The van der Waals surface area contributed by atoms with Crippen LogP contribution in [0.25, 0.3) is 6.08 Å². The number of hydrogen-bond acceptors (Lipinski definition) is 3. The maximum Gasteiger partial charge on any atom is 0.248 e. The number of hydrogen-bond donors (Lipinski definition) is 1. The van der Waals surface area contributed by atoms with Gasteiger partial charge in [0.2, 0.25) is 5.91 Å². The van der Waals surface area contributed by atoms with Crippen molar-refractivity contribution in [3.8, 4) is 11.5 Å². The van der Waals surface area contributed by atoms with Gasteiger partial charge in [0.25, 0.3) is 0 Å². The second-order valence-electron chi connectivity index (χ2n) is 5.41. The van der Waals surface area contributed by atoms with Gasteiger partial charge in [-0.1, -0.05) is 12.1 Å². The van der Waals surface area contributed by atoms with Crippen LogP contribution in [-0.4, -0.2) is 5.91 Å². The third-order valence-electron chi connectivity index (χ3n) is 3.34. The zero-order chi connectivity index (χ0) is 17.6. The van der Waals surface area contributed by atoms with Gasteiger partial charge in [-0.3, -0.25) is 4.79 Å². The number of aryl methyl sites for hydroxylation is 1. The Balaban J connectivity index is 1.58. The molecule has 0 fully saturated rings. The summed E-state index contributed by atoms with van der Waals surface area (Å²) >= 11 is 3.21. The molecule has 126 valence electrons. The van der Waals surface area contributed by atoms with Crippen LogP contribution < -0.4 is 10.1 Å². The molecule has 4 nitrogen and oxygen atoms in total. The van der Waals surface area contributed by atoms with Gasteiger partial charge in [0.15, 0.2) is 4.67 Å². The van der Waals surface area contributed by atoms with Crippen molar-refractivity contribution in [3.05, 3.63) is 82.7 Å². The Morgan fingerprint density at radius 1 is 1.08 bits per heavy atom. The minimum absolute atomic E-state index is 0.236. The van der Waals surface area contributed by atoms with Gasteiger partial charge >= 0.3 is 0 Å². The summed E-state index contributed by atoms with van der Waals surface area (Å²) < 4.78 is 11.7. The van der Waals surface area contributed by atoms with Crippen molar-refractivity contribution in [1.82, 2.24) is 0 Å². The van der Waals surface area contributed by atoms with Crippen molar-refractivity contribution in [3.63, 3.8) is 0 Å². The number of carbonyl (C=O) groups is 1. The van der Waals surface area contributed by atoms with Crippen LogP contribution >= 0.6 is 15.9 Å². The monoisotopic (exact) mass is 397 g/mol. The Kier molecular flexibility index (Phi) is 5.36. The molecule has 3 rings (SSSR count). The number of rotatable bonds is 5. The molecule has 0 saturated carbocycles. The average molecular weight is 398 g/mol. The fraction of sp³-hybridized carbons (Fsp3) is 0.0500. The molecule has 0 bridgehead atoms. The normalized spacial score (nSPS) is 10.8. The van der Waals surface area contributed by atoms with Gasteiger partial charge in [-0.15, -0.1) is 0 Å². The highest BCUT2D eigenvalue weighted by Gasteiger charge is 2.02. The molecule has 0 spiro atoms. The summed E-state index contributed by atoms with van der Waals surface area (Å²) in [4.78, 5) is 11.9. The zero-order valence-electron chi connectivity index (χ0n) is 13.5. The van der Waals surface area contributed by atoms with E-state index in [-0.39, 0.29) is 5.91 Å². The van der Waals surface area contributed by atoms with Crippen molar-refractivity contribution < 1.29 is 13.9 Å². The first-order valence-corrected chi connectivity index (χ1v) is 8.47. The first kappa shape index (κ1) is 17.0. The molecule has 1 aromatic heterocycles. The van der Waals surface area contributed by atoms with Crippen LogP contribution in [-0.2, 0) is 4.79 Å². The summed E-state index contributed by atoms with van der Waals surface area (Å²) in [6, 6.07) is 18.6. The fourth-order valence-electron chi connectivity index (χ4n) is 2.18. The lowest BCUT2D eigenvalue weighted by atomic mass is 10.2. The lowest BCUT2D eigenvalue weighted by Crippen LogP contribution is -2.07. The van der Waals surface area contributed by atoms with Crippen LogP contribution in [0.15, 0.2) is 75.8 Å². The van der Waals surface area contributed by atoms with E-state index in [1.807, 2.05) is 43.3 Å². The van der Waals surface area contributed by atoms with E-state index in [0.29, 0.717) is 21.9 Å². The molecule has 5 heteroatoms. The third-order valence-corrected chi connectivity index (χ3v) is 3.77. The molecule has 3 aromatic rings. The fourth-order valence-corrected chi connectivity index (χ4v) is 2.50. The standard InChI is InChI=1S/C20H16BrNO3/c1-14-3-2-4-18(13-14)24-16-7-5-15(6-8-16)22-20(23)12-10-17-9-11-19(21)25-17/h2-13H,1H3,(H,22,23)/b12-10+. The molecule has 1 amide bonds. The van der Waals surface area contributed by atoms with Crippen molar-refractivity contribution >= 4 is 33.6 Å². The maximum atomic E-state index is 11.9. The predicted octanol–water partition coefficient (Wildman–Crippen LogP) is 5.79. The van der Waals surface area contributed by atoms with Gasteiger partial charge in [-0.05, 0) is 83.0 Å². The quantitative estimate of drug-likeness (QED) is 0.553. The Bertz CT molecular complexity index is 897. The predicted molar refractivity (Wildman–Crippen MR) is 102 cm³/mol. The Morgan fingerprint density at radius 3 is 2.56 bits per heavy atom. The van der Waals surface area contributed by atoms with Crippen LogP contribution in [0.4, 0.5) is 5.69 Å². The van der Waals surface area contributed by atoms with Gasteiger partial charge in [0, 0.05) is 11.8 Å². The number of nitrogens with one attached hydrogen (secondary N) is 1. The van der Waals surface area contributed by atoms with Crippen LogP contribution in [0.5, 0.6) is 11.5 Å². The van der Waals surface area contributed by atoms with E-state index < -0.39 is 0 Å². The SMILES string of the molecule is Cc1cccc(Oc2ccc(NC(=O)/C=C/c3ccc(Br)o3)cc2)c1. The second-order valence-corrected chi connectivity index (χ2v) is 6.19. The molecule has 0 saturated heterocycles. The van der Waals surface area contributed by atoms with E-state index in [2.05, 4.69) is 21.2 Å². The number of ether oxygens (including phenoxy) is 1. The highest BCUT2D eigenvalue weighted by molar-refractivity contribution is 9.10. The molecule has 0 atom stereocenters. The molecular weight excluding hydrogens is 382 g/mol. The zero-order valence-corrected chi connectivity index (χ0v) is 15.1. The van der Waals surface area contributed by atoms with E-state index in [9.17, 15) is 4.79 Å². The van der Waals surface area contributed by atoms with E-state index in [4.69, 9.17) is 9.15 Å². The molecule has 0 radical (unpaired) electrons. The van der Waals surface area contributed by atoms with Gasteiger partial charge in [-0.2, -0.15) is 0 Å². The van der Waals surface area contributed by atoms with Crippen molar-refractivity contribution in [2.45, 2.75) is 6.92 Å².